The normalized spacial score (nSPS) is 14.3. The van der Waals surface area contributed by atoms with E-state index >= 15 is 0 Å². The summed E-state index contributed by atoms with van der Waals surface area (Å²) in [6.07, 6.45) is -3.54. The molecular formula is C9H18F3N3. The van der Waals surface area contributed by atoms with Crippen LogP contribution in [0.3, 0.4) is 0 Å². The minimum atomic E-state index is -4.19. The van der Waals surface area contributed by atoms with Crippen molar-refractivity contribution in [2.75, 3.05) is 19.6 Å². The molecule has 1 atom stereocenters. The monoisotopic (exact) mass is 225 g/mol. The Balaban J connectivity index is 4.21. The second kappa shape index (κ2) is 5.95. The minimum absolute atomic E-state index is 0.0710. The van der Waals surface area contributed by atoms with Gasteiger partial charge in [-0.2, -0.15) is 13.2 Å². The molecule has 0 aromatic carbocycles. The summed E-state index contributed by atoms with van der Waals surface area (Å²) in [5, 5.41) is 7.13. The van der Waals surface area contributed by atoms with Crippen LogP contribution in [0.15, 0.2) is 0 Å². The highest BCUT2D eigenvalue weighted by atomic mass is 19.4. The molecule has 0 spiro atoms. The number of nitrogens with one attached hydrogen (secondary N) is 1. The van der Waals surface area contributed by atoms with Crippen molar-refractivity contribution in [3.05, 3.63) is 0 Å². The number of nitrogens with two attached hydrogens (primary N) is 1. The molecule has 0 aromatic rings. The molecule has 3 N–H and O–H groups in total. The summed E-state index contributed by atoms with van der Waals surface area (Å²) in [6, 6.07) is 0. The average molecular weight is 225 g/mol. The van der Waals surface area contributed by atoms with Gasteiger partial charge in [0.25, 0.3) is 0 Å². The van der Waals surface area contributed by atoms with E-state index in [0.717, 1.165) is 0 Å². The maximum atomic E-state index is 12.2. The van der Waals surface area contributed by atoms with Crippen LogP contribution < -0.4 is 5.73 Å². The van der Waals surface area contributed by atoms with Gasteiger partial charge >= 0.3 is 6.18 Å². The van der Waals surface area contributed by atoms with Crippen LogP contribution >= 0.6 is 0 Å². The molecule has 3 nitrogen and oxygen atoms in total. The summed E-state index contributed by atoms with van der Waals surface area (Å²) < 4.78 is 36.5. The van der Waals surface area contributed by atoms with Gasteiger partial charge in [-0.05, 0) is 13.0 Å². The number of hydrogen-bond donors (Lipinski definition) is 2. The van der Waals surface area contributed by atoms with Crippen molar-refractivity contribution in [1.82, 2.24) is 4.90 Å². The first kappa shape index (κ1) is 14.2. The Bertz CT molecular complexity index is 203. The second-order valence-electron chi connectivity index (χ2n) is 3.71. The summed E-state index contributed by atoms with van der Waals surface area (Å²) in [5.74, 6) is -0.405. The Labute approximate surface area is 87.9 Å². The fourth-order valence-corrected chi connectivity index (χ4v) is 1.29. The number of rotatable bonds is 6. The van der Waals surface area contributed by atoms with E-state index in [1.165, 1.54) is 4.90 Å². The van der Waals surface area contributed by atoms with Crippen molar-refractivity contribution in [3.63, 3.8) is 0 Å². The maximum absolute atomic E-state index is 12.2. The molecule has 0 bridgehead atoms. The van der Waals surface area contributed by atoms with Crippen molar-refractivity contribution >= 4 is 5.84 Å². The Morgan fingerprint density at radius 2 is 2.00 bits per heavy atom. The van der Waals surface area contributed by atoms with Gasteiger partial charge in [-0.1, -0.05) is 13.8 Å². The quantitative estimate of drug-likeness (QED) is 0.535. The zero-order valence-electron chi connectivity index (χ0n) is 9.06. The van der Waals surface area contributed by atoms with E-state index in [1.54, 1.807) is 6.92 Å². The number of halogens is 3. The van der Waals surface area contributed by atoms with Crippen molar-refractivity contribution in [2.45, 2.75) is 26.4 Å². The number of nitrogens with zero attached hydrogens (tertiary/aromatic N) is 1. The van der Waals surface area contributed by atoms with Crippen molar-refractivity contribution in [3.8, 4) is 0 Å². The predicted octanol–water partition coefficient (Wildman–Crippen LogP) is 1.83. The molecule has 0 aromatic heterocycles. The van der Waals surface area contributed by atoms with Crippen LogP contribution in [0.2, 0.25) is 0 Å². The summed E-state index contributed by atoms with van der Waals surface area (Å²) >= 11 is 0. The molecule has 1 unspecified atom stereocenters. The highest BCUT2D eigenvalue weighted by Gasteiger charge is 2.30. The first-order chi connectivity index (χ1) is 6.76. The smallest absolute Gasteiger partial charge is 0.387 e. The summed E-state index contributed by atoms with van der Waals surface area (Å²) in [7, 11) is 0. The van der Waals surface area contributed by atoms with E-state index < -0.39 is 12.7 Å². The molecule has 6 heteroatoms. The molecule has 0 aliphatic heterocycles. The second-order valence-corrected chi connectivity index (χ2v) is 3.71. The van der Waals surface area contributed by atoms with Gasteiger partial charge in [0.05, 0.1) is 12.4 Å². The summed E-state index contributed by atoms with van der Waals surface area (Å²) in [4.78, 5) is 1.28. The van der Waals surface area contributed by atoms with E-state index in [9.17, 15) is 13.2 Å². The van der Waals surface area contributed by atoms with E-state index in [-0.39, 0.29) is 18.3 Å². The van der Waals surface area contributed by atoms with Gasteiger partial charge < -0.3 is 5.73 Å². The highest BCUT2D eigenvalue weighted by molar-refractivity contribution is 5.79. The van der Waals surface area contributed by atoms with Crippen molar-refractivity contribution in [1.29, 1.82) is 5.41 Å². The van der Waals surface area contributed by atoms with E-state index in [1.807, 2.05) is 6.92 Å². The van der Waals surface area contributed by atoms with Crippen LogP contribution in [0.1, 0.15) is 20.3 Å². The maximum Gasteiger partial charge on any atom is 0.401 e. The predicted molar refractivity (Wildman–Crippen MR) is 53.9 cm³/mol. The molecule has 0 saturated carbocycles. The lowest BCUT2D eigenvalue weighted by Crippen LogP contribution is -2.40. The van der Waals surface area contributed by atoms with Gasteiger partial charge in [-0.3, -0.25) is 10.3 Å². The van der Waals surface area contributed by atoms with Crippen molar-refractivity contribution in [2.24, 2.45) is 11.7 Å². The Morgan fingerprint density at radius 1 is 1.47 bits per heavy atom. The van der Waals surface area contributed by atoms with Crippen LogP contribution in [-0.4, -0.2) is 36.5 Å². The van der Waals surface area contributed by atoms with Crippen LogP contribution in [-0.2, 0) is 0 Å². The van der Waals surface area contributed by atoms with Gasteiger partial charge in [0.15, 0.2) is 0 Å². The van der Waals surface area contributed by atoms with E-state index in [2.05, 4.69) is 0 Å². The zero-order valence-corrected chi connectivity index (χ0v) is 9.06. The molecule has 0 aliphatic carbocycles. The van der Waals surface area contributed by atoms with Gasteiger partial charge in [0.1, 0.15) is 0 Å². The molecule has 0 heterocycles. The standard InChI is InChI=1S/C9H18F3N3/c1-3-4-15(6-9(10,11)12)5-7(2)8(13)14/h7H,3-6H2,1-2H3,(H3,13,14). The molecule has 0 rings (SSSR count). The number of alkyl halides is 3. The Morgan fingerprint density at radius 3 is 2.33 bits per heavy atom. The lowest BCUT2D eigenvalue weighted by Gasteiger charge is -2.25. The van der Waals surface area contributed by atoms with E-state index in [0.29, 0.717) is 13.0 Å². The molecule has 0 radical (unpaired) electrons. The van der Waals surface area contributed by atoms with Gasteiger partial charge in [0.2, 0.25) is 0 Å². The summed E-state index contributed by atoms with van der Waals surface area (Å²) in [5.41, 5.74) is 5.22. The van der Waals surface area contributed by atoms with Crippen LogP contribution in [0.5, 0.6) is 0 Å². The molecule has 15 heavy (non-hydrogen) atoms. The average Bonchev–Trinajstić information content (AvgIpc) is 2.00. The summed E-state index contributed by atoms with van der Waals surface area (Å²) in [6.45, 7) is 3.10. The lowest BCUT2D eigenvalue weighted by molar-refractivity contribution is -0.146. The molecule has 0 fully saturated rings. The fraction of sp³-hybridized carbons (Fsp3) is 0.889. The zero-order chi connectivity index (χ0) is 12.1. The topological polar surface area (TPSA) is 53.1 Å². The largest absolute Gasteiger partial charge is 0.401 e. The third-order valence-corrected chi connectivity index (χ3v) is 2.01. The first-order valence-corrected chi connectivity index (χ1v) is 4.89. The van der Waals surface area contributed by atoms with E-state index in [4.69, 9.17) is 11.1 Å². The van der Waals surface area contributed by atoms with Crippen LogP contribution in [0, 0.1) is 11.3 Å². The third kappa shape index (κ3) is 7.18. The Kier molecular flexibility index (Phi) is 5.64. The third-order valence-electron chi connectivity index (χ3n) is 2.01. The SMILES string of the molecule is CCCN(CC(C)C(=N)N)CC(F)(F)F. The van der Waals surface area contributed by atoms with Crippen LogP contribution in [0.25, 0.3) is 0 Å². The Hall–Kier alpha value is -0.780. The molecule has 0 saturated heterocycles. The van der Waals surface area contributed by atoms with Crippen LogP contribution in [0.4, 0.5) is 13.2 Å². The molecule has 0 amide bonds. The van der Waals surface area contributed by atoms with Gasteiger partial charge in [-0.25, -0.2) is 0 Å². The number of amidine groups is 1. The molecular weight excluding hydrogens is 207 g/mol. The number of hydrogen-bond acceptors (Lipinski definition) is 2. The minimum Gasteiger partial charge on any atom is -0.387 e. The van der Waals surface area contributed by atoms with Crippen molar-refractivity contribution < 1.29 is 13.2 Å². The fourth-order valence-electron chi connectivity index (χ4n) is 1.29. The molecule has 90 valence electrons. The van der Waals surface area contributed by atoms with Gasteiger partial charge in [-0.15, -0.1) is 0 Å². The lowest BCUT2D eigenvalue weighted by atomic mass is 10.1. The highest BCUT2D eigenvalue weighted by Crippen LogP contribution is 2.17. The molecule has 0 aliphatic rings. The first-order valence-electron chi connectivity index (χ1n) is 4.89. The van der Waals surface area contributed by atoms with Gasteiger partial charge in [0, 0.05) is 12.5 Å².